The van der Waals surface area contributed by atoms with Gasteiger partial charge in [-0.3, -0.25) is 5.43 Å². The van der Waals surface area contributed by atoms with Crippen LogP contribution in [0.2, 0.25) is 0 Å². The van der Waals surface area contributed by atoms with E-state index in [2.05, 4.69) is 24.7 Å². The predicted molar refractivity (Wildman–Crippen MR) is 61.4 cm³/mol. The van der Waals surface area contributed by atoms with Gasteiger partial charge in [0.1, 0.15) is 5.60 Å². The lowest BCUT2D eigenvalue weighted by atomic mass is 10.0. The summed E-state index contributed by atoms with van der Waals surface area (Å²) in [6.45, 7) is 10.6. The minimum atomic E-state index is -0.444. The summed E-state index contributed by atoms with van der Waals surface area (Å²) in [6.07, 6.45) is 1.80. The molecule has 0 heterocycles. The van der Waals surface area contributed by atoms with Gasteiger partial charge in [-0.15, -0.1) is 0 Å². The van der Waals surface area contributed by atoms with Gasteiger partial charge in [0.25, 0.3) is 0 Å². The number of nitrogens with one attached hydrogen (secondary N) is 2. The zero-order valence-electron chi connectivity index (χ0n) is 10.5. The van der Waals surface area contributed by atoms with E-state index in [4.69, 9.17) is 4.74 Å². The Bertz CT molecular complexity index is 184. The fourth-order valence-corrected chi connectivity index (χ4v) is 1.15. The molecule has 0 saturated carbocycles. The van der Waals surface area contributed by atoms with E-state index in [1.54, 1.807) is 0 Å². The largest absolute Gasteiger partial charge is 0.443 e. The maximum atomic E-state index is 11.2. The van der Waals surface area contributed by atoms with Crippen molar-refractivity contribution in [1.82, 2.24) is 10.9 Å². The Morgan fingerprint density at radius 3 is 2.20 bits per heavy atom. The van der Waals surface area contributed by atoms with E-state index in [1.165, 1.54) is 0 Å². The lowest BCUT2D eigenvalue weighted by molar-refractivity contribution is 0.0494. The Balaban J connectivity index is 3.64. The van der Waals surface area contributed by atoms with E-state index in [-0.39, 0.29) is 0 Å². The number of hydrazine groups is 1. The Morgan fingerprint density at radius 2 is 1.80 bits per heavy atom. The van der Waals surface area contributed by atoms with E-state index in [1.807, 2.05) is 20.8 Å². The number of amides is 1. The summed E-state index contributed by atoms with van der Waals surface area (Å²) in [5, 5.41) is 0. The summed E-state index contributed by atoms with van der Waals surface area (Å²) in [5.74, 6) is 0.597. The second-order valence-corrected chi connectivity index (χ2v) is 4.69. The summed E-state index contributed by atoms with van der Waals surface area (Å²) in [6, 6.07) is 0. The zero-order chi connectivity index (χ0) is 11.9. The quantitative estimate of drug-likeness (QED) is 0.694. The molecule has 0 atom stereocenters. The van der Waals surface area contributed by atoms with Crippen LogP contribution in [0.3, 0.4) is 0 Å². The highest BCUT2D eigenvalue weighted by Gasteiger charge is 2.15. The van der Waals surface area contributed by atoms with E-state index in [0.29, 0.717) is 5.92 Å². The highest BCUT2D eigenvalue weighted by molar-refractivity contribution is 5.66. The molecule has 0 aromatic heterocycles. The van der Waals surface area contributed by atoms with Crippen LogP contribution in [-0.4, -0.2) is 18.2 Å². The van der Waals surface area contributed by atoms with Crippen molar-refractivity contribution in [3.8, 4) is 0 Å². The highest BCUT2D eigenvalue weighted by Crippen LogP contribution is 2.06. The molecular formula is C11H24N2O2. The van der Waals surface area contributed by atoms with E-state index < -0.39 is 11.7 Å². The van der Waals surface area contributed by atoms with Gasteiger partial charge in [0.05, 0.1) is 0 Å². The number of carbonyl (C=O) groups is 1. The molecule has 15 heavy (non-hydrogen) atoms. The molecular weight excluding hydrogens is 192 g/mol. The third kappa shape index (κ3) is 8.24. The molecule has 0 bridgehead atoms. The highest BCUT2D eigenvalue weighted by atomic mass is 16.6. The van der Waals surface area contributed by atoms with Crippen LogP contribution < -0.4 is 10.9 Å². The van der Waals surface area contributed by atoms with Crippen molar-refractivity contribution in [2.75, 3.05) is 6.54 Å². The SMILES string of the molecule is CCC(CC)CNNC(=O)OC(C)(C)C. The number of ether oxygens (including phenoxy) is 1. The van der Waals surface area contributed by atoms with Gasteiger partial charge < -0.3 is 4.74 Å². The van der Waals surface area contributed by atoms with E-state index in [0.717, 1.165) is 19.4 Å². The second kappa shape index (κ2) is 6.67. The van der Waals surface area contributed by atoms with Crippen molar-refractivity contribution in [3.63, 3.8) is 0 Å². The fraction of sp³-hybridized carbons (Fsp3) is 0.909. The molecule has 0 aliphatic rings. The number of hydrogen-bond acceptors (Lipinski definition) is 3. The first-order chi connectivity index (χ1) is 6.89. The summed E-state index contributed by atoms with van der Waals surface area (Å²) < 4.78 is 5.07. The van der Waals surface area contributed by atoms with Crippen molar-refractivity contribution < 1.29 is 9.53 Å². The molecule has 1 amide bonds. The number of rotatable bonds is 5. The van der Waals surface area contributed by atoms with Crippen LogP contribution in [0.25, 0.3) is 0 Å². The van der Waals surface area contributed by atoms with E-state index >= 15 is 0 Å². The lowest BCUT2D eigenvalue weighted by Crippen LogP contribution is -2.43. The molecule has 0 aliphatic heterocycles. The van der Waals surface area contributed by atoms with Crippen molar-refractivity contribution >= 4 is 6.09 Å². The van der Waals surface area contributed by atoms with Crippen LogP contribution in [0.1, 0.15) is 47.5 Å². The van der Waals surface area contributed by atoms with Crippen molar-refractivity contribution in [1.29, 1.82) is 0 Å². The van der Waals surface area contributed by atoms with Gasteiger partial charge >= 0.3 is 6.09 Å². The maximum Gasteiger partial charge on any atom is 0.422 e. The monoisotopic (exact) mass is 216 g/mol. The van der Waals surface area contributed by atoms with Crippen LogP contribution in [0, 0.1) is 5.92 Å². The van der Waals surface area contributed by atoms with Gasteiger partial charge in [-0.2, -0.15) is 0 Å². The molecule has 0 spiro atoms. The van der Waals surface area contributed by atoms with Crippen LogP contribution in [0.15, 0.2) is 0 Å². The molecule has 2 N–H and O–H groups in total. The average molecular weight is 216 g/mol. The summed E-state index contributed by atoms with van der Waals surface area (Å²) in [7, 11) is 0. The first kappa shape index (κ1) is 14.2. The third-order valence-corrected chi connectivity index (χ3v) is 2.13. The first-order valence-corrected chi connectivity index (χ1v) is 5.60. The molecule has 4 heteroatoms. The summed E-state index contributed by atoms with van der Waals surface area (Å²) >= 11 is 0. The number of carbonyl (C=O) groups excluding carboxylic acids is 1. The Morgan fingerprint density at radius 1 is 1.27 bits per heavy atom. The van der Waals surface area contributed by atoms with Crippen LogP contribution >= 0.6 is 0 Å². The molecule has 0 radical (unpaired) electrons. The third-order valence-electron chi connectivity index (χ3n) is 2.13. The minimum absolute atomic E-state index is 0.423. The van der Waals surface area contributed by atoms with Crippen LogP contribution in [0.4, 0.5) is 4.79 Å². The zero-order valence-corrected chi connectivity index (χ0v) is 10.5. The smallest absolute Gasteiger partial charge is 0.422 e. The average Bonchev–Trinajstić information content (AvgIpc) is 2.09. The molecule has 0 unspecified atom stereocenters. The van der Waals surface area contributed by atoms with Crippen LogP contribution in [0.5, 0.6) is 0 Å². The molecule has 0 saturated heterocycles. The van der Waals surface area contributed by atoms with Gasteiger partial charge in [0.2, 0.25) is 0 Å². The molecule has 0 fully saturated rings. The van der Waals surface area contributed by atoms with Crippen molar-refractivity contribution in [2.45, 2.75) is 53.1 Å². The number of hydrogen-bond donors (Lipinski definition) is 2. The van der Waals surface area contributed by atoms with Gasteiger partial charge in [-0.05, 0) is 26.7 Å². The molecule has 90 valence electrons. The maximum absolute atomic E-state index is 11.2. The Hall–Kier alpha value is -0.770. The molecule has 0 aromatic rings. The van der Waals surface area contributed by atoms with Gasteiger partial charge in [-0.1, -0.05) is 26.7 Å². The second-order valence-electron chi connectivity index (χ2n) is 4.69. The standard InChI is InChI=1S/C11H24N2O2/c1-6-9(7-2)8-12-13-10(14)15-11(3,4)5/h9,12H,6-8H2,1-5H3,(H,13,14). The predicted octanol–water partition coefficient (Wildman–Crippen LogP) is 2.45. The lowest BCUT2D eigenvalue weighted by Gasteiger charge is -2.20. The topological polar surface area (TPSA) is 50.4 Å². The van der Waals surface area contributed by atoms with Crippen molar-refractivity contribution in [2.24, 2.45) is 5.92 Å². The van der Waals surface area contributed by atoms with Gasteiger partial charge in [0.15, 0.2) is 0 Å². The summed E-state index contributed by atoms with van der Waals surface area (Å²) in [5.41, 5.74) is 4.97. The first-order valence-electron chi connectivity index (χ1n) is 5.60. The molecule has 0 aromatic carbocycles. The molecule has 0 aliphatic carbocycles. The van der Waals surface area contributed by atoms with Crippen molar-refractivity contribution in [3.05, 3.63) is 0 Å². The normalized spacial score (nSPS) is 11.6. The molecule has 4 nitrogen and oxygen atoms in total. The molecule has 0 rings (SSSR count). The van der Waals surface area contributed by atoms with Gasteiger partial charge in [-0.25, -0.2) is 10.2 Å². The Kier molecular flexibility index (Phi) is 6.32. The minimum Gasteiger partial charge on any atom is -0.443 e. The van der Waals surface area contributed by atoms with E-state index in [9.17, 15) is 4.79 Å². The Labute approximate surface area is 92.7 Å². The fourth-order valence-electron chi connectivity index (χ4n) is 1.15. The summed E-state index contributed by atoms with van der Waals surface area (Å²) in [4.78, 5) is 11.2. The van der Waals surface area contributed by atoms with Crippen LogP contribution in [-0.2, 0) is 4.74 Å². The van der Waals surface area contributed by atoms with Gasteiger partial charge in [0, 0.05) is 6.54 Å².